The summed E-state index contributed by atoms with van der Waals surface area (Å²) >= 11 is 0. The monoisotopic (exact) mass is 408 g/mol. The first-order valence-electron chi connectivity index (χ1n) is 9.84. The number of hydrogen-bond donors (Lipinski definition) is 0. The van der Waals surface area contributed by atoms with Gasteiger partial charge < -0.3 is 9.42 Å². The van der Waals surface area contributed by atoms with E-state index >= 15 is 0 Å². The Bertz CT molecular complexity index is 1050. The smallest absolute Gasteiger partial charge is 0.270 e. The van der Waals surface area contributed by atoms with Crippen LogP contribution in [0.15, 0.2) is 53.1 Å². The van der Waals surface area contributed by atoms with Crippen LogP contribution >= 0.6 is 0 Å². The van der Waals surface area contributed by atoms with Gasteiger partial charge in [-0.2, -0.15) is 4.98 Å². The van der Waals surface area contributed by atoms with Gasteiger partial charge in [0.25, 0.3) is 11.6 Å². The number of nitro benzene ring substituents is 1. The summed E-state index contributed by atoms with van der Waals surface area (Å²) in [6.45, 7) is 6.29. The van der Waals surface area contributed by atoms with Crippen molar-refractivity contribution in [3.63, 3.8) is 0 Å². The first kappa shape index (κ1) is 21.2. The van der Waals surface area contributed by atoms with Crippen molar-refractivity contribution in [2.24, 2.45) is 0 Å². The second kappa shape index (κ2) is 9.30. The van der Waals surface area contributed by atoms with Gasteiger partial charge in [0, 0.05) is 42.3 Å². The van der Waals surface area contributed by atoms with Crippen LogP contribution < -0.4 is 0 Å². The highest BCUT2D eigenvalue weighted by Crippen LogP contribution is 2.19. The lowest BCUT2D eigenvalue weighted by Crippen LogP contribution is -2.39. The van der Waals surface area contributed by atoms with Gasteiger partial charge >= 0.3 is 0 Å². The summed E-state index contributed by atoms with van der Waals surface area (Å²) in [5.41, 5.74) is 2.15. The molecule has 0 radical (unpaired) electrons. The molecule has 8 nitrogen and oxygen atoms in total. The van der Waals surface area contributed by atoms with Crippen LogP contribution in [0, 0.1) is 17.0 Å². The van der Waals surface area contributed by atoms with Crippen molar-refractivity contribution in [2.45, 2.75) is 39.7 Å². The van der Waals surface area contributed by atoms with E-state index in [9.17, 15) is 14.9 Å². The van der Waals surface area contributed by atoms with E-state index < -0.39 is 4.92 Å². The number of rotatable bonds is 8. The Morgan fingerprint density at radius 3 is 2.70 bits per heavy atom. The van der Waals surface area contributed by atoms with Crippen LogP contribution in [-0.2, 0) is 6.42 Å². The van der Waals surface area contributed by atoms with E-state index in [2.05, 4.69) is 10.1 Å². The summed E-state index contributed by atoms with van der Waals surface area (Å²) in [6, 6.07) is 13.6. The maximum atomic E-state index is 13.0. The average Bonchev–Trinajstić information content (AvgIpc) is 3.22. The molecule has 0 N–H and O–H groups in total. The third-order valence-corrected chi connectivity index (χ3v) is 5.00. The maximum Gasteiger partial charge on any atom is 0.270 e. The molecule has 0 unspecified atom stereocenters. The van der Waals surface area contributed by atoms with Crippen LogP contribution in [0.5, 0.6) is 0 Å². The van der Waals surface area contributed by atoms with Gasteiger partial charge in [0.05, 0.1) is 4.92 Å². The molecule has 3 rings (SSSR count). The molecule has 1 amide bonds. The first-order chi connectivity index (χ1) is 14.4. The number of benzene rings is 2. The highest BCUT2D eigenvalue weighted by molar-refractivity contribution is 5.95. The Balaban J connectivity index is 1.75. The molecule has 3 aromatic rings. The zero-order valence-corrected chi connectivity index (χ0v) is 17.2. The molecule has 2 aromatic carbocycles. The van der Waals surface area contributed by atoms with Gasteiger partial charge in [-0.05, 0) is 32.4 Å². The second-order valence-corrected chi connectivity index (χ2v) is 7.19. The summed E-state index contributed by atoms with van der Waals surface area (Å²) in [5.74, 6) is 0.687. The van der Waals surface area contributed by atoms with Gasteiger partial charge in [0.1, 0.15) is 0 Å². The number of amides is 1. The molecule has 30 heavy (non-hydrogen) atoms. The molecular formula is C22H24N4O4. The van der Waals surface area contributed by atoms with Gasteiger partial charge in [0.15, 0.2) is 0 Å². The summed E-state index contributed by atoms with van der Waals surface area (Å²) in [6.07, 6.45) is 1.14. The van der Waals surface area contributed by atoms with Crippen LogP contribution in [0.25, 0.3) is 11.4 Å². The van der Waals surface area contributed by atoms with Gasteiger partial charge in [0.2, 0.25) is 11.7 Å². The minimum atomic E-state index is -0.504. The van der Waals surface area contributed by atoms with Crippen molar-refractivity contribution in [3.8, 4) is 11.4 Å². The molecule has 0 aliphatic heterocycles. The summed E-state index contributed by atoms with van der Waals surface area (Å²) < 4.78 is 5.37. The SMILES string of the molecule is CC[C@H](C)N(CCc1nc(-c2cccc(C)c2)no1)C(=O)c1cccc([N+](=O)[O-])c1. The van der Waals surface area contributed by atoms with Crippen LogP contribution in [0.3, 0.4) is 0 Å². The maximum absolute atomic E-state index is 13.0. The molecule has 156 valence electrons. The third kappa shape index (κ3) is 4.89. The van der Waals surface area contributed by atoms with Gasteiger partial charge in [-0.3, -0.25) is 14.9 Å². The van der Waals surface area contributed by atoms with Crippen LogP contribution in [0.2, 0.25) is 0 Å². The Labute approximate surface area is 174 Å². The van der Waals surface area contributed by atoms with E-state index in [0.29, 0.717) is 24.7 Å². The van der Waals surface area contributed by atoms with E-state index in [4.69, 9.17) is 4.52 Å². The minimum absolute atomic E-state index is 0.0454. The molecule has 0 aliphatic rings. The predicted octanol–water partition coefficient (Wildman–Crippen LogP) is 4.44. The topological polar surface area (TPSA) is 102 Å². The molecule has 0 bridgehead atoms. The Morgan fingerprint density at radius 1 is 1.23 bits per heavy atom. The van der Waals surface area contributed by atoms with Crippen molar-refractivity contribution in [3.05, 3.63) is 75.7 Å². The van der Waals surface area contributed by atoms with Crippen molar-refractivity contribution in [1.82, 2.24) is 15.0 Å². The molecule has 0 saturated carbocycles. The molecule has 8 heteroatoms. The fourth-order valence-corrected chi connectivity index (χ4v) is 3.13. The zero-order valence-electron chi connectivity index (χ0n) is 17.2. The first-order valence-corrected chi connectivity index (χ1v) is 9.84. The zero-order chi connectivity index (χ0) is 21.7. The summed E-state index contributed by atoms with van der Waals surface area (Å²) in [5, 5.41) is 15.1. The van der Waals surface area contributed by atoms with Gasteiger partial charge in [-0.15, -0.1) is 0 Å². The number of nitro groups is 1. The molecule has 0 saturated heterocycles. The molecular weight excluding hydrogens is 384 g/mol. The Hall–Kier alpha value is -3.55. The standard InChI is InChI=1S/C22H24N4O4/c1-4-16(3)25(22(27)18-9-6-10-19(14-18)26(28)29)12-11-20-23-21(24-30-20)17-8-5-7-15(2)13-17/h5-10,13-14,16H,4,11-12H2,1-3H3/t16-/m0/s1. The Kier molecular flexibility index (Phi) is 6.56. The van der Waals surface area contributed by atoms with Crippen molar-refractivity contribution in [2.75, 3.05) is 6.54 Å². The van der Waals surface area contributed by atoms with Crippen LogP contribution in [0.4, 0.5) is 5.69 Å². The number of hydrogen-bond acceptors (Lipinski definition) is 6. The summed E-state index contributed by atoms with van der Waals surface area (Å²) in [4.78, 5) is 29.7. The molecule has 1 atom stereocenters. The second-order valence-electron chi connectivity index (χ2n) is 7.19. The lowest BCUT2D eigenvalue weighted by Gasteiger charge is -2.28. The van der Waals surface area contributed by atoms with E-state index in [0.717, 1.165) is 17.5 Å². The predicted molar refractivity (Wildman–Crippen MR) is 112 cm³/mol. The Morgan fingerprint density at radius 2 is 2.00 bits per heavy atom. The summed E-state index contributed by atoms with van der Waals surface area (Å²) in [7, 11) is 0. The third-order valence-electron chi connectivity index (χ3n) is 5.00. The number of aryl methyl sites for hydroxylation is 1. The van der Waals surface area contributed by atoms with E-state index in [1.165, 1.54) is 18.2 Å². The number of carbonyl (C=O) groups is 1. The van der Waals surface area contributed by atoms with Crippen LogP contribution in [-0.4, -0.2) is 38.5 Å². The number of carbonyl (C=O) groups excluding carboxylic acids is 1. The highest BCUT2D eigenvalue weighted by atomic mass is 16.6. The van der Waals surface area contributed by atoms with E-state index in [1.807, 2.05) is 45.0 Å². The molecule has 1 aromatic heterocycles. The van der Waals surface area contributed by atoms with E-state index in [1.54, 1.807) is 11.0 Å². The lowest BCUT2D eigenvalue weighted by molar-refractivity contribution is -0.384. The van der Waals surface area contributed by atoms with E-state index in [-0.39, 0.29) is 23.2 Å². The fraction of sp³-hybridized carbons (Fsp3) is 0.318. The minimum Gasteiger partial charge on any atom is -0.339 e. The molecule has 0 aliphatic carbocycles. The normalized spacial score (nSPS) is 11.8. The van der Waals surface area contributed by atoms with Gasteiger partial charge in [-0.1, -0.05) is 41.9 Å². The van der Waals surface area contributed by atoms with Crippen LogP contribution in [0.1, 0.15) is 42.1 Å². The number of non-ortho nitro benzene ring substituents is 1. The molecule has 0 fully saturated rings. The highest BCUT2D eigenvalue weighted by Gasteiger charge is 2.23. The number of nitrogens with zero attached hydrogens (tertiary/aromatic N) is 4. The molecule has 1 heterocycles. The van der Waals surface area contributed by atoms with Crippen molar-refractivity contribution >= 4 is 11.6 Å². The number of aromatic nitrogens is 2. The van der Waals surface area contributed by atoms with Crippen molar-refractivity contribution < 1.29 is 14.2 Å². The fourth-order valence-electron chi connectivity index (χ4n) is 3.13. The molecule has 0 spiro atoms. The van der Waals surface area contributed by atoms with Gasteiger partial charge in [-0.25, -0.2) is 0 Å². The lowest BCUT2D eigenvalue weighted by atomic mass is 10.1. The van der Waals surface area contributed by atoms with Crippen molar-refractivity contribution in [1.29, 1.82) is 0 Å². The largest absolute Gasteiger partial charge is 0.339 e. The quantitative estimate of drug-likeness (QED) is 0.403. The average molecular weight is 408 g/mol.